The van der Waals surface area contributed by atoms with Gasteiger partial charge in [-0.1, -0.05) is 35.9 Å². The highest BCUT2D eigenvalue weighted by Gasteiger charge is 2.29. The van der Waals surface area contributed by atoms with Gasteiger partial charge >= 0.3 is 0 Å². The van der Waals surface area contributed by atoms with E-state index < -0.39 is 15.8 Å². The van der Waals surface area contributed by atoms with Gasteiger partial charge in [0.2, 0.25) is 10.0 Å². The Morgan fingerprint density at radius 2 is 1.78 bits per heavy atom. The van der Waals surface area contributed by atoms with Crippen LogP contribution in [0.15, 0.2) is 54.7 Å². The highest BCUT2D eigenvalue weighted by Crippen LogP contribution is 2.31. The van der Waals surface area contributed by atoms with Crippen molar-refractivity contribution in [3.8, 4) is 11.1 Å². The number of anilines is 2. The molecular weight excluding hydrogens is 505 g/mol. The first-order valence-corrected chi connectivity index (χ1v) is 13.3. The van der Waals surface area contributed by atoms with Crippen molar-refractivity contribution >= 4 is 39.0 Å². The molecule has 36 heavy (non-hydrogen) atoms. The van der Waals surface area contributed by atoms with Gasteiger partial charge < -0.3 is 15.5 Å². The average molecular weight is 532 g/mol. The maximum absolute atomic E-state index is 13.9. The fourth-order valence-corrected chi connectivity index (χ4v) is 5.88. The molecule has 1 aliphatic rings. The Bertz CT molecular complexity index is 1390. The van der Waals surface area contributed by atoms with Crippen LogP contribution in [-0.2, 0) is 15.8 Å². The molecule has 0 atom stereocenters. The quantitative estimate of drug-likeness (QED) is 0.523. The van der Waals surface area contributed by atoms with E-state index in [1.807, 2.05) is 4.90 Å². The van der Waals surface area contributed by atoms with E-state index in [1.165, 1.54) is 27.4 Å². The van der Waals surface area contributed by atoms with Crippen LogP contribution in [0.1, 0.15) is 15.9 Å². The number of piperazine rings is 1. The van der Waals surface area contributed by atoms with Crippen LogP contribution in [-0.4, -0.2) is 68.8 Å². The summed E-state index contributed by atoms with van der Waals surface area (Å²) in [5.74, 6) is -0.530. The number of benzene rings is 2. The molecule has 0 saturated carbocycles. The molecule has 2 aromatic carbocycles. The second-order valence-electron chi connectivity index (χ2n) is 8.76. The van der Waals surface area contributed by atoms with Crippen LogP contribution in [0, 0.1) is 5.82 Å². The predicted molar refractivity (Wildman–Crippen MR) is 140 cm³/mol. The largest absolute Gasteiger partial charge is 0.396 e. The lowest BCUT2D eigenvalue weighted by molar-refractivity contribution is 0.0828. The number of hydrogen-bond acceptors (Lipinski definition) is 6. The Hall–Kier alpha value is -3.21. The van der Waals surface area contributed by atoms with E-state index >= 15 is 0 Å². The van der Waals surface area contributed by atoms with Crippen molar-refractivity contribution in [2.45, 2.75) is 5.75 Å². The van der Waals surface area contributed by atoms with Gasteiger partial charge in [-0.25, -0.2) is 17.8 Å². The molecule has 0 aliphatic carbocycles. The lowest BCUT2D eigenvalue weighted by Crippen LogP contribution is -2.49. The molecule has 0 spiro atoms. The van der Waals surface area contributed by atoms with Crippen LogP contribution in [0.4, 0.5) is 15.9 Å². The van der Waals surface area contributed by atoms with E-state index in [1.54, 1.807) is 50.6 Å². The molecule has 1 amide bonds. The minimum absolute atomic E-state index is 0.153. The third-order valence-corrected chi connectivity index (χ3v) is 8.20. The summed E-state index contributed by atoms with van der Waals surface area (Å²) in [7, 11) is -0.339. The van der Waals surface area contributed by atoms with Crippen LogP contribution in [0.25, 0.3) is 11.1 Å². The molecule has 1 aromatic heterocycles. The number of carbonyl (C=O) groups is 1. The fraction of sp³-hybridized carbons (Fsp3) is 0.280. The first kappa shape index (κ1) is 25.9. The highest BCUT2D eigenvalue weighted by molar-refractivity contribution is 7.88. The van der Waals surface area contributed by atoms with Crippen molar-refractivity contribution in [1.82, 2.24) is 14.2 Å². The molecule has 1 fully saturated rings. The van der Waals surface area contributed by atoms with Crippen molar-refractivity contribution < 1.29 is 17.6 Å². The summed E-state index contributed by atoms with van der Waals surface area (Å²) in [6.45, 7) is 1.30. The SMILES string of the molecule is CN(C)C(=O)c1ccc(-c2cnc(N3CCN(S(=O)(=O)Cc4ccccc4F)CC3)c(N)c2)cc1Cl. The molecule has 8 nitrogen and oxygen atoms in total. The van der Waals surface area contributed by atoms with Crippen LogP contribution >= 0.6 is 11.6 Å². The molecular formula is C25H27ClFN5O3S. The molecule has 1 saturated heterocycles. The van der Waals surface area contributed by atoms with E-state index in [0.29, 0.717) is 35.2 Å². The first-order valence-electron chi connectivity index (χ1n) is 11.3. The third kappa shape index (κ3) is 5.45. The summed E-state index contributed by atoms with van der Waals surface area (Å²) in [5, 5.41) is 0.335. The Morgan fingerprint density at radius 1 is 1.08 bits per heavy atom. The summed E-state index contributed by atoms with van der Waals surface area (Å²) in [4.78, 5) is 20.1. The molecule has 2 heterocycles. The van der Waals surface area contributed by atoms with Gasteiger partial charge in [0.05, 0.1) is 22.0 Å². The zero-order valence-electron chi connectivity index (χ0n) is 20.0. The standard InChI is InChI=1S/C25H27ClFN5O3S/c1-30(2)25(33)20-8-7-17(13-21(20)26)19-14-23(28)24(29-15-19)31-9-11-32(12-10-31)36(34,35)16-18-5-3-4-6-22(18)27/h3-8,13-15H,9-12,16,28H2,1-2H3. The summed E-state index contributed by atoms with van der Waals surface area (Å²) in [6.07, 6.45) is 1.67. The van der Waals surface area contributed by atoms with Gasteiger partial charge in [-0.15, -0.1) is 0 Å². The first-order chi connectivity index (χ1) is 17.1. The number of halogens is 2. The number of amides is 1. The number of rotatable bonds is 6. The number of nitrogens with two attached hydrogens (primary N) is 1. The van der Waals surface area contributed by atoms with E-state index in [9.17, 15) is 17.6 Å². The zero-order chi connectivity index (χ0) is 26.0. The summed E-state index contributed by atoms with van der Waals surface area (Å²) in [6, 6.07) is 12.8. The molecule has 0 radical (unpaired) electrons. The van der Waals surface area contributed by atoms with Crippen molar-refractivity contribution in [2.24, 2.45) is 0 Å². The molecule has 1 aliphatic heterocycles. The van der Waals surface area contributed by atoms with E-state index in [0.717, 1.165) is 11.1 Å². The number of carbonyl (C=O) groups excluding carboxylic acids is 1. The topological polar surface area (TPSA) is 99.8 Å². The van der Waals surface area contributed by atoms with Gasteiger partial charge in [0.25, 0.3) is 5.91 Å². The second kappa shape index (κ2) is 10.4. The summed E-state index contributed by atoms with van der Waals surface area (Å²) >= 11 is 6.34. The van der Waals surface area contributed by atoms with E-state index in [2.05, 4.69) is 4.98 Å². The summed E-state index contributed by atoms with van der Waals surface area (Å²) < 4.78 is 40.9. The number of nitrogen functional groups attached to an aromatic ring is 1. The molecule has 2 N–H and O–H groups in total. The number of aromatic nitrogens is 1. The minimum atomic E-state index is -3.66. The lowest BCUT2D eigenvalue weighted by Gasteiger charge is -2.35. The van der Waals surface area contributed by atoms with Gasteiger partial charge in [-0.05, 0) is 29.8 Å². The molecule has 0 unspecified atom stereocenters. The van der Waals surface area contributed by atoms with E-state index in [4.69, 9.17) is 17.3 Å². The minimum Gasteiger partial charge on any atom is -0.396 e. The maximum atomic E-state index is 13.9. The van der Waals surface area contributed by atoms with Crippen LogP contribution in [0.5, 0.6) is 0 Å². The van der Waals surface area contributed by atoms with Crippen molar-refractivity contribution in [3.05, 3.63) is 76.7 Å². The normalized spacial score (nSPS) is 14.6. The highest BCUT2D eigenvalue weighted by atomic mass is 35.5. The summed E-state index contributed by atoms with van der Waals surface area (Å²) in [5.41, 5.74) is 8.83. The van der Waals surface area contributed by atoms with Gasteiger partial charge in [-0.3, -0.25) is 4.79 Å². The monoisotopic (exact) mass is 531 g/mol. The van der Waals surface area contributed by atoms with Gasteiger partial charge in [0, 0.05) is 57.6 Å². The van der Waals surface area contributed by atoms with Crippen molar-refractivity contribution in [3.63, 3.8) is 0 Å². The molecule has 190 valence electrons. The fourth-order valence-electron chi connectivity index (χ4n) is 4.09. The lowest BCUT2D eigenvalue weighted by atomic mass is 10.0. The van der Waals surface area contributed by atoms with Crippen molar-refractivity contribution in [1.29, 1.82) is 0 Å². The number of hydrogen-bond donors (Lipinski definition) is 1. The van der Waals surface area contributed by atoms with Gasteiger partial charge in [0.1, 0.15) is 5.82 Å². The molecule has 11 heteroatoms. The number of pyridine rings is 1. The van der Waals surface area contributed by atoms with E-state index in [-0.39, 0.29) is 30.3 Å². The Morgan fingerprint density at radius 3 is 2.39 bits per heavy atom. The Balaban J connectivity index is 1.45. The Kier molecular flexibility index (Phi) is 7.49. The Labute approximate surface area is 215 Å². The second-order valence-corrected chi connectivity index (χ2v) is 11.1. The maximum Gasteiger partial charge on any atom is 0.254 e. The smallest absolute Gasteiger partial charge is 0.254 e. The molecule has 4 rings (SSSR count). The number of sulfonamides is 1. The molecule has 0 bridgehead atoms. The van der Waals surface area contributed by atoms with Crippen LogP contribution < -0.4 is 10.6 Å². The number of nitrogens with zero attached hydrogens (tertiary/aromatic N) is 4. The third-order valence-electron chi connectivity index (χ3n) is 6.06. The van der Waals surface area contributed by atoms with Crippen molar-refractivity contribution in [2.75, 3.05) is 50.9 Å². The molecule has 3 aromatic rings. The predicted octanol–water partition coefficient (Wildman–Crippen LogP) is 3.48. The zero-order valence-corrected chi connectivity index (χ0v) is 21.6. The van der Waals surface area contributed by atoms with Crippen LogP contribution in [0.3, 0.4) is 0 Å². The van der Waals surface area contributed by atoms with Crippen LogP contribution in [0.2, 0.25) is 5.02 Å². The average Bonchev–Trinajstić information content (AvgIpc) is 2.85. The van der Waals surface area contributed by atoms with Gasteiger partial charge in [-0.2, -0.15) is 4.31 Å². The van der Waals surface area contributed by atoms with Gasteiger partial charge in [0.15, 0.2) is 5.82 Å².